The molecule has 1 aliphatic rings. The van der Waals surface area contributed by atoms with Crippen molar-refractivity contribution in [3.63, 3.8) is 0 Å². The molecule has 0 bridgehead atoms. The number of nitrogens with one attached hydrogen (secondary N) is 4. The minimum Gasteiger partial charge on any atom is -0.456 e. The number of hydrogen-bond donors (Lipinski definition) is 5. The Morgan fingerprint density at radius 1 is 1.11 bits per heavy atom. The molecule has 1 heterocycles. The van der Waals surface area contributed by atoms with Crippen LogP contribution in [0.4, 0.5) is 0 Å². The first-order valence-electron chi connectivity index (χ1n) is 12.5. The van der Waals surface area contributed by atoms with E-state index >= 15 is 0 Å². The lowest BCUT2D eigenvalue weighted by atomic mass is 10.0. The van der Waals surface area contributed by atoms with Gasteiger partial charge in [0.2, 0.25) is 11.8 Å². The van der Waals surface area contributed by atoms with Crippen LogP contribution >= 0.6 is 21.6 Å². The topological polar surface area (TPSA) is 146 Å². The zero-order valence-corrected chi connectivity index (χ0v) is 24.2. The Kier molecular flexibility index (Phi) is 14.9. The highest BCUT2D eigenvalue weighted by atomic mass is 33.1. The van der Waals surface area contributed by atoms with Gasteiger partial charge in [-0.05, 0) is 25.2 Å². The Labute approximate surface area is 228 Å². The van der Waals surface area contributed by atoms with Crippen molar-refractivity contribution in [1.82, 2.24) is 21.3 Å². The molecule has 12 heteroatoms. The molecule has 0 aliphatic carbocycles. The van der Waals surface area contributed by atoms with Crippen molar-refractivity contribution in [3.8, 4) is 0 Å². The number of carbonyl (C=O) groups is 4. The fraction of sp³-hybridized carbons (Fsp3) is 0.680. The zero-order chi connectivity index (χ0) is 28.1. The van der Waals surface area contributed by atoms with Gasteiger partial charge in [0.15, 0.2) is 0 Å². The molecule has 1 fully saturated rings. The summed E-state index contributed by atoms with van der Waals surface area (Å²) in [6, 6.07) is -2.62. The number of ether oxygens (including phenoxy) is 1. The number of aliphatic hydroxyl groups excluding tert-OH is 1. The minimum atomic E-state index is -1.26. The second-order valence-electron chi connectivity index (χ2n) is 9.41. The second kappa shape index (κ2) is 16.7. The number of cyclic esters (lactones) is 1. The maximum absolute atomic E-state index is 13.2. The van der Waals surface area contributed by atoms with Gasteiger partial charge in [-0.2, -0.15) is 0 Å². The third-order valence-corrected chi connectivity index (χ3v) is 8.21. The molecule has 5 atom stereocenters. The van der Waals surface area contributed by atoms with Gasteiger partial charge in [0, 0.05) is 11.5 Å². The highest BCUT2D eigenvalue weighted by molar-refractivity contribution is 8.76. The van der Waals surface area contributed by atoms with E-state index in [9.17, 15) is 24.3 Å². The Morgan fingerprint density at radius 3 is 2.32 bits per heavy atom. The van der Waals surface area contributed by atoms with Gasteiger partial charge in [-0.1, -0.05) is 74.9 Å². The molecule has 0 aromatic carbocycles. The summed E-state index contributed by atoms with van der Waals surface area (Å²) in [5.41, 5.74) is -0.0305. The van der Waals surface area contributed by atoms with Gasteiger partial charge < -0.3 is 25.8 Å². The largest absolute Gasteiger partial charge is 0.456 e. The van der Waals surface area contributed by atoms with E-state index < -0.39 is 54.1 Å². The van der Waals surface area contributed by atoms with Crippen LogP contribution in [-0.2, 0) is 23.9 Å². The number of esters is 1. The molecule has 0 spiro atoms. The molecule has 5 N–H and O–H groups in total. The van der Waals surface area contributed by atoms with Crippen LogP contribution < -0.4 is 21.3 Å². The number of hydrogen-bond acceptors (Lipinski definition) is 9. The molecule has 1 aliphatic heterocycles. The van der Waals surface area contributed by atoms with E-state index in [0.717, 1.165) is 12.2 Å². The molecule has 37 heavy (non-hydrogen) atoms. The van der Waals surface area contributed by atoms with E-state index in [-0.39, 0.29) is 24.0 Å². The summed E-state index contributed by atoms with van der Waals surface area (Å²) in [7, 11) is 3.07. The number of carbonyl (C=O) groups excluding carboxylic acids is 4. The SMILES string of the molecule is C=C[C@@H]1CC(=O)N[C@H](C(C)C)C(O)N[C@H](CSSCCC)C(=O)N/C(=C\C)C(=O)N[C@@H](C(C)C)C(=O)O1. The molecule has 0 radical (unpaired) electrons. The fourth-order valence-electron chi connectivity index (χ4n) is 3.40. The molecule has 10 nitrogen and oxygen atoms in total. The Bertz CT molecular complexity index is 836. The van der Waals surface area contributed by atoms with E-state index in [1.165, 1.54) is 22.9 Å². The average Bonchev–Trinajstić information content (AvgIpc) is 2.84. The second-order valence-corrected chi connectivity index (χ2v) is 12.0. The normalized spacial score (nSPS) is 28.0. The van der Waals surface area contributed by atoms with E-state index in [1.54, 1.807) is 31.6 Å². The molecular formula is C25H42N4O6S2. The van der Waals surface area contributed by atoms with Crippen LogP contribution in [0.1, 0.15) is 54.4 Å². The van der Waals surface area contributed by atoms with E-state index in [0.29, 0.717) is 5.75 Å². The van der Waals surface area contributed by atoms with Gasteiger partial charge in [0.1, 0.15) is 24.1 Å². The van der Waals surface area contributed by atoms with Crippen molar-refractivity contribution in [3.05, 3.63) is 24.4 Å². The smallest absolute Gasteiger partial charge is 0.329 e. The monoisotopic (exact) mass is 558 g/mol. The fourth-order valence-corrected chi connectivity index (χ4v) is 5.71. The molecule has 1 unspecified atom stereocenters. The summed E-state index contributed by atoms with van der Waals surface area (Å²) in [5.74, 6) is -1.68. The van der Waals surface area contributed by atoms with Crippen molar-refractivity contribution >= 4 is 45.3 Å². The summed E-state index contributed by atoms with van der Waals surface area (Å²) < 4.78 is 5.46. The van der Waals surface area contributed by atoms with Crippen molar-refractivity contribution in [1.29, 1.82) is 0 Å². The number of allylic oxidation sites excluding steroid dienone is 1. The van der Waals surface area contributed by atoms with Gasteiger partial charge >= 0.3 is 5.97 Å². The summed E-state index contributed by atoms with van der Waals surface area (Å²) in [6.45, 7) is 14.4. The number of aliphatic hydroxyl groups is 1. The predicted molar refractivity (Wildman–Crippen MR) is 148 cm³/mol. The molecule has 0 aromatic rings. The van der Waals surface area contributed by atoms with Crippen LogP contribution in [0.25, 0.3) is 0 Å². The van der Waals surface area contributed by atoms with Gasteiger partial charge in [-0.15, -0.1) is 0 Å². The quantitative estimate of drug-likeness (QED) is 0.0990. The molecule has 210 valence electrons. The highest BCUT2D eigenvalue weighted by Crippen LogP contribution is 2.23. The average molecular weight is 559 g/mol. The van der Waals surface area contributed by atoms with Gasteiger partial charge in [0.25, 0.3) is 5.91 Å². The van der Waals surface area contributed by atoms with Crippen LogP contribution in [0, 0.1) is 11.8 Å². The minimum absolute atomic E-state index is 0.0305. The van der Waals surface area contributed by atoms with Gasteiger partial charge in [-0.25, -0.2) is 4.79 Å². The molecule has 0 aromatic heterocycles. The van der Waals surface area contributed by atoms with Crippen LogP contribution in [0.5, 0.6) is 0 Å². The maximum Gasteiger partial charge on any atom is 0.329 e. The lowest BCUT2D eigenvalue weighted by Gasteiger charge is -2.32. The molecular weight excluding hydrogens is 516 g/mol. The standard InChI is InChI=1S/C25H42N4O6S2/c1-8-11-36-37-13-18-23(32)26-17(10-3)22(31)29-21(15(6)7)25(34)35-16(9-2)12-19(30)28-20(14(4)5)24(33)27-18/h9-10,14-16,18,20-21,24,27,33H,2,8,11-13H2,1,3-7H3,(H,26,32)(H,28,30)(H,29,31)/b17-10-/t16-,18-,20-,21+,24?/m1/s1. The Hall–Kier alpha value is -2.02. The summed E-state index contributed by atoms with van der Waals surface area (Å²) >= 11 is 0. The number of amides is 3. The van der Waals surface area contributed by atoms with E-state index in [4.69, 9.17) is 4.74 Å². The first-order valence-corrected chi connectivity index (χ1v) is 15.0. The predicted octanol–water partition coefficient (Wildman–Crippen LogP) is 1.86. The van der Waals surface area contributed by atoms with Crippen molar-refractivity contribution in [2.24, 2.45) is 11.8 Å². The van der Waals surface area contributed by atoms with Crippen LogP contribution in [0.2, 0.25) is 0 Å². The van der Waals surface area contributed by atoms with Crippen LogP contribution in [-0.4, -0.2) is 70.8 Å². The maximum atomic E-state index is 13.2. The molecule has 3 amide bonds. The van der Waals surface area contributed by atoms with E-state index in [2.05, 4.69) is 34.8 Å². The van der Waals surface area contributed by atoms with Crippen LogP contribution in [0.3, 0.4) is 0 Å². The van der Waals surface area contributed by atoms with E-state index in [1.807, 2.05) is 13.8 Å². The van der Waals surface area contributed by atoms with Crippen molar-refractivity contribution in [2.45, 2.75) is 84.8 Å². The zero-order valence-electron chi connectivity index (χ0n) is 22.5. The van der Waals surface area contributed by atoms with Crippen molar-refractivity contribution < 1.29 is 29.0 Å². The Morgan fingerprint density at radius 2 is 1.78 bits per heavy atom. The number of rotatable bonds is 8. The third kappa shape index (κ3) is 11.1. The third-order valence-electron chi connectivity index (χ3n) is 5.60. The summed E-state index contributed by atoms with van der Waals surface area (Å²) in [6.07, 6.45) is 1.35. The van der Waals surface area contributed by atoms with Gasteiger partial charge in [-0.3, -0.25) is 19.7 Å². The van der Waals surface area contributed by atoms with Crippen LogP contribution in [0.15, 0.2) is 24.4 Å². The summed E-state index contributed by atoms with van der Waals surface area (Å²) in [5, 5.41) is 21.9. The lowest BCUT2D eigenvalue weighted by molar-refractivity contribution is -0.153. The molecule has 1 saturated heterocycles. The van der Waals surface area contributed by atoms with Crippen molar-refractivity contribution in [2.75, 3.05) is 11.5 Å². The summed E-state index contributed by atoms with van der Waals surface area (Å²) in [4.78, 5) is 51.9. The molecule has 0 saturated carbocycles. The first kappa shape index (κ1) is 33.0. The highest BCUT2D eigenvalue weighted by Gasteiger charge is 2.33. The lowest BCUT2D eigenvalue weighted by Crippen LogP contribution is -2.59. The van der Waals surface area contributed by atoms with Gasteiger partial charge in [0.05, 0.1) is 18.5 Å². The molecule has 1 rings (SSSR count). The Balaban J connectivity index is 3.37. The first-order chi connectivity index (χ1) is 17.4.